The van der Waals surface area contributed by atoms with Crippen molar-refractivity contribution in [1.29, 1.82) is 0 Å². The zero-order chi connectivity index (χ0) is 18.0. The van der Waals surface area contributed by atoms with Crippen molar-refractivity contribution in [1.82, 2.24) is 4.72 Å². The molecule has 0 unspecified atom stereocenters. The molecule has 2 aromatic rings. The molecule has 1 heterocycles. The molecule has 0 aromatic heterocycles. The molecule has 128 valence electrons. The Kier molecular flexibility index (Phi) is 4.39. The van der Waals surface area contributed by atoms with Crippen LogP contribution in [0.4, 0.5) is 11.4 Å². The van der Waals surface area contributed by atoms with Crippen molar-refractivity contribution in [2.45, 2.75) is 11.4 Å². The molecular formula is C17H15N3O4S. The second-order valence-electron chi connectivity index (χ2n) is 5.38. The molecule has 3 N–H and O–H groups in total. The van der Waals surface area contributed by atoms with Gasteiger partial charge < -0.3 is 10.6 Å². The van der Waals surface area contributed by atoms with E-state index in [0.717, 1.165) is 6.08 Å². The number of carbonyl (C=O) groups excluding carboxylic acids is 2. The van der Waals surface area contributed by atoms with Crippen molar-refractivity contribution in [2.24, 2.45) is 0 Å². The number of benzene rings is 2. The van der Waals surface area contributed by atoms with Crippen LogP contribution < -0.4 is 15.4 Å². The SMILES string of the molecule is C=CC(=O)Nc1cccc(C(=O)Nc2ccc3c(c2)S(=O)(=O)NC3)c1. The topological polar surface area (TPSA) is 104 Å². The molecule has 0 saturated carbocycles. The van der Waals surface area contributed by atoms with Crippen molar-refractivity contribution in [3.05, 3.63) is 66.2 Å². The van der Waals surface area contributed by atoms with Crippen LogP contribution in [0.1, 0.15) is 15.9 Å². The molecule has 7 nitrogen and oxygen atoms in total. The van der Waals surface area contributed by atoms with Crippen molar-refractivity contribution < 1.29 is 18.0 Å². The standard InChI is InChI=1S/C17H15N3O4S/c1-2-16(21)19-13-5-3-4-11(8-13)17(22)20-14-7-6-12-10-18-25(23,24)15(12)9-14/h2-9,18H,1,10H2,(H,19,21)(H,20,22). The monoisotopic (exact) mass is 357 g/mol. The summed E-state index contributed by atoms with van der Waals surface area (Å²) in [5, 5.41) is 5.23. The molecule has 1 aliphatic rings. The van der Waals surface area contributed by atoms with E-state index in [9.17, 15) is 18.0 Å². The molecule has 1 aliphatic heterocycles. The van der Waals surface area contributed by atoms with Gasteiger partial charge in [0.1, 0.15) is 0 Å². The number of sulfonamides is 1. The van der Waals surface area contributed by atoms with Crippen molar-refractivity contribution >= 4 is 33.2 Å². The molecule has 25 heavy (non-hydrogen) atoms. The van der Waals surface area contributed by atoms with E-state index in [2.05, 4.69) is 21.9 Å². The van der Waals surface area contributed by atoms with E-state index in [1.54, 1.807) is 30.3 Å². The molecule has 0 saturated heterocycles. The molecule has 3 rings (SSSR count). The predicted octanol–water partition coefficient (Wildman–Crippen LogP) is 1.86. The zero-order valence-electron chi connectivity index (χ0n) is 13.1. The molecule has 0 aliphatic carbocycles. The summed E-state index contributed by atoms with van der Waals surface area (Å²) in [6, 6.07) is 11.1. The quantitative estimate of drug-likeness (QED) is 0.726. The van der Waals surface area contributed by atoms with Gasteiger partial charge in [-0.15, -0.1) is 0 Å². The van der Waals surface area contributed by atoms with Gasteiger partial charge in [-0.2, -0.15) is 0 Å². The highest BCUT2D eigenvalue weighted by molar-refractivity contribution is 7.89. The van der Waals surface area contributed by atoms with E-state index >= 15 is 0 Å². The van der Waals surface area contributed by atoms with Crippen LogP contribution in [-0.2, 0) is 21.4 Å². The number of nitrogens with one attached hydrogen (secondary N) is 3. The first-order valence-electron chi connectivity index (χ1n) is 7.36. The highest BCUT2D eigenvalue weighted by atomic mass is 32.2. The summed E-state index contributed by atoms with van der Waals surface area (Å²) < 4.78 is 26.1. The summed E-state index contributed by atoms with van der Waals surface area (Å²) in [5.41, 5.74) is 1.81. The Balaban J connectivity index is 1.80. The van der Waals surface area contributed by atoms with Gasteiger partial charge in [-0.3, -0.25) is 9.59 Å². The fourth-order valence-corrected chi connectivity index (χ4v) is 3.68. The van der Waals surface area contributed by atoms with Crippen LogP contribution in [0.25, 0.3) is 0 Å². The van der Waals surface area contributed by atoms with Crippen LogP contribution in [0.15, 0.2) is 60.0 Å². The van der Waals surface area contributed by atoms with Crippen molar-refractivity contribution in [2.75, 3.05) is 10.6 Å². The minimum atomic E-state index is -3.51. The number of rotatable bonds is 4. The van der Waals surface area contributed by atoms with Crippen molar-refractivity contribution in [3.63, 3.8) is 0 Å². The van der Waals surface area contributed by atoms with E-state index in [4.69, 9.17) is 0 Å². The maximum atomic E-state index is 12.4. The van der Waals surface area contributed by atoms with Gasteiger partial charge in [0.25, 0.3) is 5.91 Å². The molecule has 8 heteroatoms. The van der Waals surface area contributed by atoms with E-state index in [-0.39, 0.29) is 17.3 Å². The minimum Gasteiger partial charge on any atom is -0.323 e. The molecule has 0 fully saturated rings. The Morgan fingerprint density at radius 2 is 1.84 bits per heavy atom. The van der Waals surface area contributed by atoms with E-state index in [1.807, 2.05) is 0 Å². The van der Waals surface area contributed by atoms with Gasteiger partial charge in [0, 0.05) is 23.5 Å². The predicted molar refractivity (Wildman–Crippen MR) is 93.7 cm³/mol. The lowest BCUT2D eigenvalue weighted by Crippen LogP contribution is -2.15. The third-order valence-corrected chi connectivity index (χ3v) is 5.13. The summed E-state index contributed by atoms with van der Waals surface area (Å²) in [5.74, 6) is -0.799. The summed E-state index contributed by atoms with van der Waals surface area (Å²) in [6.45, 7) is 3.61. The number of hydrogen-bond acceptors (Lipinski definition) is 4. The highest BCUT2D eigenvalue weighted by Gasteiger charge is 2.25. The van der Waals surface area contributed by atoms with Crippen LogP contribution in [0.3, 0.4) is 0 Å². The lowest BCUT2D eigenvalue weighted by atomic mass is 10.1. The molecule has 0 atom stereocenters. The molecule has 2 aromatic carbocycles. The lowest BCUT2D eigenvalue weighted by Gasteiger charge is -2.08. The van der Waals surface area contributed by atoms with Gasteiger partial charge in [-0.05, 0) is 42.0 Å². The normalized spacial score (nSPS) is 14.4. The van der Waals surface area contributed by atoms with Crippen LogP contribution >= 0.6 is 0 Å². The van der Waals surface area contributed by atoms with Crippen LogP contribution in [0.5, 0.6) is 0 Å². The minimum absolute atomic E-state index is 0.164. The average Bonchev–Trinajstić information content (AvgIpc) is 2.90. The second kappa shape index (κ2) is 6.50. The largest absolute Gasteiger partial charge is 0.323 e. The summed E-state index contributed by atoms with van der Waals surface area (Å²) in [6.07, 6.45) is 1.13. The second-order valence-corrected chi connectivity index (χ2v) is 7.11. The molecule has 0 bridgehead atoms. The molecule has 0 radical (unpaired) electrons. The van der Waals surface area contributed by atoms with Crippen molar-refractivity contribution in [3.8, 4) is 0 Å². The number of amides is 2. The van der Waals surface area contributed by atoms with Gasteiger partial charge >= 0.3 is 0 Å². The third kappa shape index (κ3) is 3.59. The Labute approximate surface area is 144 Å². The summed E-state index contributed by atoms with van der Waals surface area (Å²) in [4.78, 5) is 23.9. The smallest absolute Gasteiger partial charge is 0.255 e. The van der Waals surface area contributed by atoms with Gasteiger partial charge in [0.05, 0.1) is 4.90 Å². The highest BCUT2D eigenvalue weighted by Crippen LogP contribution is 2.26. The maximum Gasteiger partial charge on any atom is 0.255 e. The van der Waals surface area contributed by atoms with Crippen LogP contribution in [0, 0.1) is 0 Å². The zero-order valence-corrected chi connectivity index (χ0v) is 13.9. The van der Waals surface area contributed by atoms with Gasteiger partial charge in [-0.25, -0.2) is 13.1 Å². The van der Waals surface area contributed by atoms with E-state index in [0.29, 0.717) is 22.5 Å². The van der Waals surface area contributed by atoms with Gasteiger partial charge in [0.15, 0.2) is 0 Å². The summed E-state index contributed by atoms with van der Waals surface area (Å²) in [7, 11) is -3.51. The van der Waals surface area contributed by atoms with Gasteiger partial charge in [0.2, 0.25) is 15.9 Å². The Morgan fingerprint density at radius 1 is 1.08 bits per heavy atom. The number of carbonyl (C=O) groups is 2. The fourth-order valence-electron chi connectivity index (χ4n) is 2.41. The first-order chi connectivity index (χ1) is 11.9. The molecule has 0 spiro atoms. The van der Waals surface area contributed by atoms with E-state index < -0.39 is 15.9 Å². The lowest BCUT2D eigenvalue weighted by molar-refractivity contribution is -0.111. The number of hydrogen-bond donors (Lipinski definition) is 3. The first-order valence-corrected chi connectivity index (χ1v) is 8.85. The Bertz CT molecular complexity index is 983. The van der Waals surface area contributed by atoms with Crippen LogP contribution in [0.2, 0.25) is 0 Å². The average molecular weight is 357 g/mol. The van der Waals surface area contributed by atoms with Crippen LogP contribution in [-0.4, -0.2) is 20.2 Å². The number of fused-ring (bicyclic) bond motifs is 1. The third-order valence-electron chi connectivity index (χ3n) is 3.64. The van der Waals surface area contributed by atoms with E-state index in [1.165, 1.54) is 12.1 Å². The molecule has 2 amide bonds. The Morgan fingerprint density at radius 3 is 2.60 bits per heavy atom. The Hall–Kier alpha value is -2.97. The molecular weight excluding hydrogens is 342 g/mol. The summed E-state index contributed by atoms with van der Waals surface area (Å²) >= 11 is 0. The maximum absolute atomic E-state index is 12.4. The number of anilines is 2. The fraction of sp³-hybridized carbons (Fsp3) is 0.0588. The van der Waals surface area contributed by atoms with Gasteiger partial charge in [-0.1, -0.05) is 18.7 Å². The first kappa shape index (κ1) is 16.9.